The van der Waals surface area contributed by atoms with Crippen LogP contribution in [0.5, 0.6) is 0 Å². The first-order chi connectivity index (χ1) is 14.4. The maximum absolute atomic E-state index is 13.4. The van der Waals surface area contributed by atoms with E-state index in [1.54, 1.807) is 30.5 Å². The summed E-state index contributed by atoms with van der Waals surface area (Å²) in [6, 6.07) is 6.29. The summed E-state index contributed by atoms with van der Waals surface area (Å²) in [6.07, 6.45) is 2.08. The second kappa shape index (κ2) is 7.81. The van der Waals surface area contributed by atoms with Crippen LogP contribution in [-0.2, 0) is 0 Å². The number of rotatable bonds is 5. The van der Waals surface area contributed by atoms with Crippen LogP contribution in [-0.4, -0.2) is 29.7 Å². The van der Waals surface area contributed by atoms with E-state index in [2.05, 4.69) is 25.5 Å². The summed E-state index contributed by atoms with van der Waals surface area (Å²) in [4.78, 5) is 26.1. The minimum atomic E-state index is -0.476. The smallest absolute Gasteiger partial charge is 0.268 e. The zero-order valence-electron chi connectivity index (χ0n) is 15.7. The Hall–Kier alpha value is -3.37. The molecule has 0 saturated carbocycles. The van der Waals surface area contributed by atoms with Gasteiger partial charge in [0.1, 0.15) is 22.5 Å². The van der Waals surface area contributed by atoms with E-state index in [0.717, 1.165) is 0 Å². The molecule has 0 saturated heterocycles. The predicted octanol–water partition coefficient (Wildman–Crippen LogP) is 2.93. The molecule has 154 valence electrons. The summed E-state index contributed by atoms with van der Waals surface area (Å²) >= 11 is 12.5. The number of hydrogen-bond donors (Lipinski definition) is 4. The highest BCUT2D eigenvalue weighted by molar-refractivity contribution is 6.35. The number of halogens is 2. The number of anilines is 3. The van der Waals surface area contributed by atoms with Gasteiger partial charge in [-0.05, 0) is 18.6 Å². The van der Waals surface area contributed by atoms with Crippen LogP contribution in [0.4, 0.5) is 17.6 Å². The average molecular weight is 446 g/mol. The van der Waals surface area contributed by atoms with Gasteiger partial charge in [0.15, 0.2) is 5.82 Å². The molecule has 3 heterocycles. The Morgan fingerprint density at radius 1 is 1.20 bits per heavy atom. The molecule has 1 aromatic carbocycles. The minimum absolute atomic E-state index is 0.0292. The van der Waals surface area contributed by atoms with E-state index in [4.69, 9.17) is 39.7 Å². The summed E-state index contributed by atoms with van der Waals surface area (Å²) in [5, 5.41) is 10.7. The summed E-state index contributed by atoms with van der Waals surface area (Å²) in [5.41, 5.74) is 11.6. The van der Waals surface area contributed by atoms with Gasteiger partial charge in [0.2, 0.25) is 5.95 Å². The van der Waals surface area contributed by atoms with Crippen molar-refractivity contribution >= 4 is 51.7 Å². The first kappa shape index (κ1) is 19.9. The monoisotopic (exact) mass is 445 g/mol. The molecule has 4 aromatic rings. The van der Waals surface area contributed by atoms with E-state index in [1.165, 1.54) is 4.57 Å². The van der Waals surface area contributed by atoms with Gasteiger partial charge in [0.05, 0.1) is 28.2 Å². The van der Waals surface area contributed by atoms with Gasteiger partial charge in [0, 0.05) is 6.07 Å². The molecule has 0 amide bonds. The molecule has 0 radical (unpaired) electrons. The normalized spacial score (nSPS) is 12.2. The highest BCUT2D eigenvalue weighted by atomic mass is 35.5. The largest absolute Gasteiger partial charge is 0.382 e. The van der Waals surface area contributed by atoms with E-state index < -0.39 is 6.04 Å². The summed E-state index contributed by atoms with van der Waals surface area (Å²) in [5.74, 6) is 1.11. The number of aromatic amines is 1. The molecule has 0 bridgehead atoms. The van der Waals surface area contributed by atoms with Crippen molar-refractivity contribution in [1.82, 2.24) is 29.7 Å². The van der Waals surface area contributed by atoms with Crippen molar-refractivity contribution in [3.05, 3.63) is 56.7 Å². The molecular weight excluding hydrogens is 429 g/mol. The fourth-order valence-electron chi connectivity index (χ4n) is 3.14. The standard InChI is InChI=1S/C18H17Cl2N9O/c1-2-9(24-15-13(20)14(21)26-18(22)27-15)16-25-10-5-3-4-8(19)12(10)17(30)29(16)11-6-7-23-28-11/h3-7,9H,2H2,1H3,(H,23,28)(H5,21,22,24,26,27)/t9-/m0/s1. The minimum Gasteiger partial charge on any atom is -0.382 e. The quantitative estimate of drug-likeness (QED) is 0.365. The molecule has 0 unspecified atom stereocenters. The molecular formula is C18H17Cl2N9O. The van der Waals surface area contributed by atoms with Crippen LogP contribution in [0.15, 0.2) is 35.3 Å². The van der Waals surface area contributed by atoms with E-state index in [1.807, 2.05) is 6.92 Å². The molecule has 0 aliphatic carbocycles. The number of nitrogen functional groups attached to an aromatic ring is 2. The molecule has 0 spiro atoms. The van der Waals surface area contributed by atoms with E-state index in [-0.39, 0.29) is 28.2 Å². The lowest BCUT2D eigenvalue weighted by Crippen LogP contribution is -2.29. The Bertz CT molecular complexity index is 1290. The average Bonchev–Trinajstić information content (AvgIpc) is 3.23. The van der Waals surface area contributed by atoms with Gasteiger partial charge < -0.3 is 16.8 Å². The zero-order chi connectivity index (χ0) is 21.4. The van der Waals surface area contributed by atoms with Crippen LogP contribution in [0.1, 0.15) is 25.2 Å². The van der Waals surface area contributed by atoms with Gasteiger partial charge in [-0.15, -0.1) is 0 Å². The number of H-pyrrole nitrogens is 1. The Kier molecular flexibility index (Phi) is 5.18. The number of benzene rings is 1. The molecule has 10 nitrogen and oxygen atoms in total. The van der Waals surface area contributed by atoms with Crippen molar-refractivity contribution in [3.63, 3.8) is 0 Å². The maximum Gasteiger partial charge on any atom is 0.268 e. The first-order valence-corrected chi connectivity index (χ1v) is 9.72. The van der Waals surface area contributed by atoms with Crippen LogP contribution in [0.25, 0.3) is 16.7 Å². The number of fused-ring (bicyclic) bond motifs is 1. The number of hydrogen-bond acceptors (Lipinski definition) is 8. The van der Waals surface area contributed by atoms with Crippen molar-refractivity contribution in [2.24, 2.45) is 0 Å². The van der Waals surface area contributed by atoms with Crippen molar-refractivity contribution < 1.29 is 0 Å². The summed E-state index contributed by atoms with van der Waals surface area (Å²) in [7, 11) is 0. The van der Waals surface area contributed by atoms with Crippen LogP contribution < -0.4 is 22.3 Å². The SMILES string of the molecule is CC[C@H](Nc1nc(N)nc(N)c1Cl)c1nc2cccc(Cl)c2c(=O)n1-c1ccn[nH]1. The first-order valence-electron chi connectivity index (χ1n) is 8.96. The van der Waals surface area contributed by atoms with Crippen molar-refractivity contribution in [1.29, 1.82) is 0 Å². The highest BCUT2D eigenvalue weighted by Crippen LogP contribution is 2.30. The fraction of sp³-hybridized carbons (Fsp3) is 0.167. The Morgan fingerprint density at radius 2 is 2.00 bits per heavy atom. The molecule has 0 aliphatic heterocycles. The zero-order valence-corrected chi connectivity index (χ0v) is 17.2. The second-order valence-electron chi connectivity index (χ2n) is 6.42. The molecule has 3 aromatic heterocycles. The molecule has 1 atom stereocenters. The van der Waals surface area contributed by atoms with Crippen molar-refractivity contribution in [2.45, 2.75) is 19.4 Å². The third kappa shape index (κ3) is 3.40. The van der Waals surface area contributed by atoms with E-state index in [9.17, 15) is 4.79 Å². The van der Waals surface area contributed by atoms with Crippen LogP contribution in [0.3, 0.4) is 0 Å². The highest BCUT2D eigenvalue weighted by Gasteiger charge is 2.23. The van der Waals surface area contributed by atoms with Gasteiger partial charge in [-0.1, -0.05) is 36.2 Å². The van der Waals surface area contributed by atoms with Crippen LogP contribution in [0.2, 0.25) is 10.0 Å². The predicted molar refractivity (Wildman–Crippen MR) is 117 cm³/mol. The summed E-state index contributed by atoms with van der Waals surface area (Å²) < 4.78 is 1.42. The lowest BCUT2D eigenvalue weighted by atomic mass is 10.1. The molecule has 12 heteroatoms. The number of aromatic nitrogens is 6. The van der Waals surface area contributed by atoms with Gasteiger partial charge in [-0.2, -0.15) is 15.1 Å². The van der Waals surface area contributed by atoms with E-state index >= 15 is 0 Å². The molecule has 0 fully saturated rings. The number of nitrogens with zero attached hydrogens (tertiary/aromatic N) is 5. The van der Waals surface area contributed by atoms with Gasteiger partial charge >= 0.3 is 0 Å². The Labute approximate surface area is 180 Å². The second-order valence-corrected chi connectivity index (χ2v) is 7.21. The Morgan fingerprint density at radius 3 is 2.70 bits per heavy atom. The summed E-state index contributed by atoms with van der Waals surface area (Å²) in [6.45, 7) is 1.92. The fourth-order valence-corrected chi connectivity index (χ4v) is 3.53. The van der Waals surface area contributed by atoms with Gasteiger partial charge in [0.25, 0.3) is 5.56 Å². The maximum atomic E-state index is 13.4. The molecule has 0 aliphatic rings. The van der Waals surface area contributed by atoms with Crippen molar-refractivity contribution in [2.75, 3.05) is 16.8 Å². The van der Waals surface area contributed by atoms with Gasteiger partial charge in [-0.25, -0.2) is 9.55 Å². The van der Waals surface area contributed by atoms with Crippen LogP contribution >= 0.6 is 23.2 Å². The third-order valence-electron chi connectivity index (χ3n) is 4.52. The molecule has 6 N–H and O–H groups in total. The number of nitrogens with one attached hydrogen (secondary N) is 2. The Balaban J connectivity index is 1.94. The lowest BCUT2D eigenvalue weighted by Gasteiger charge is -2.22. The third-order valence-corrected chi connectivity index (χ3v) is 5.21. The van der Waals surface area contributed by atoms with Crippen molar-refractivity contribution in [3.8, 4) is 5.82 Å². The molecule has 4 rings (SSSR count). The van der Waals surface area contributed by atoms with Crippen LogP contribution in [0, 0.1) is 0 Å². The molecule has 30 heavy (non-hydrogen) atoms. The van der Waals surface area contributed by atoms with E-state index in [0.29, 0.717) is 34.0 Å². The van der Waals surface area contributed by atoms with Gasteiger partial charge in [-0.3, -0.25) is 9.89 Å². The lowest BCUT2D eigenvalue weighted by molar-refractivity contribution is 0.653. The number of nitrogens with two attached hydrogens (primary N) is 2. The topological polar surface area (TPSA) is 153 Å².